The maximum absolute atomic E-state index is 13.2. The fraction of sp³-hybridized carbons (Fsp3) is 0.318. The van der Waals surface area contributed by atoms with Gasteiger partial charge in [0, 0.05) is 13.3 Å². The zero-order chi connectivity index (χ0) is 20.8. The first kappa shape index (κ1) is 20.5. The molecule has 0 aromatic heterocycles. The Balaban J connectivity index is 1.62. The SMILES string of the molecule is CC(=O)O[C@@H](CCCC(=O)N1C(=O)OC[C@@H]1c1ccccc1)c1ccc(F)cc1. The van der Waals surface area contributed by atoms with Crippen LogP contribution in [0.25, 0.3) is 0 Å². The van der Waals surface area contributed by atoms with Crippen molar-refractivity contribution >= 4 is 18.0 Å². The Labute approximate surface area is 168 Å². The molecule has 2 aromatic rings. The van der Waals surface area contributed by atoms with Crippen LogP contribution in [0.2, 0.25) is 0 Å². The summed E-state index contributed by atoms with van der Waals surface area (Å²) in [6.45, 7) is 1.42. The number of cyclic esters (lactones) is 1. The molecule has 7 heteroatoms. The van der Waals surface area contributed by atoms with Gasteiger partial charge >= 0.3 is 12.1 Å². The number of halogens is 1. The van der Waals surface area contributed by atoms with E-state index in [9.17, 15) is 18.8 Å². The molecule has 6 nitrogen and oxygen atoms in total. The van der Waals surface area contributed by atoms with E-state index in [0.717, 1.165) is 10.5 Å². The molecule has 1 saturated heterocycles. The van der Waals surface area contributed by atoms with Gasteiger partial charge in [-0.2, -0.15) is 0 Å². The minimum absolute atomic E-state index is 0.0946. The molecule has 0 bridgehead atoms. The average molecular weight is 399 g/mol. The van der Waals surface area contributed by atoms with E-state index in [1.807, 2.05) is 30.3 Å². The highest BCUT2D eigenvalue weighted by molar-refractivity contribution is 5.93. The summed E-state index contributed by atoms with van der Waals surface area (Å²) in [5, 5.41) is 0. The number of amides is 2. The molecule has 1 heterocycles. The number of esters is 1. The number of imide groups is 1. The van der Waals surface area contributed by atoms with Gasteiger partial charge in [0.05, 0.1) is 0 Å². The van der Waals surface area contributed by atoms with Crippen LogP contribution in [0.1, 0.15) is 49.5 Å². The fourth-order valence-electron chi connectivity index (χ4n) is 3.35. The summed E-state index contributed by atoms with van der Waals surface area (Å²) in [6, 6.07) is 14.5. The maximum atomic E-state index is 13.2. The predicted octanol–water partition coefficient (Wildman–Crippen LogP) is 4.32. The number of hydrogen-bond donors (Lipinski definition) is 0. The monoisotopic (exact) mass is 399 g/mol. The number of hydrogen-bond acceptors (Lipinski definition) is 5. The molecule has 1 aliphatic rings. The lowest BCUT2D eigenvalue weighted by molar-refractivity contribution is -0.147. The standard InChI is InChI=1S/C22H22FNO5/c1-15(25)29-20(17-10-12-18(23)13-11-17)8-5-9-21(26)24-19(14-28-22(24)27)16-6-3-2-4-7-16/h2-4,6-7,10-13,19-20H,5,8-9,14H2,1H3/t19-,20+/m1/s1. The van der Waals surface area contributed by atoms with Crippen molar-refractivity contribution in [2.45, 2.75) is 38.3 Å². The first-order valence-corrected chi connectivity index (χ1v) is 9.42. The molecule has 29 heavy (non-hydrogen) atoms. The number of carbonyl (C=O) groups is 3. The van der Waals surface area contributed by atoms with Gasteiger partial charge in [0.2, 0.25) is 5.91 Å². The van der Waals surface area contributed by atoms with Crippen molar-refractivity contribution in [2.24, 2.45) is 0 Å². The van der Waals surface area contributed by atoms with Crippen LogP contribution in [0.4, 0.5) is 9.18 Å². The van der Waals surface area contributed by atoms with E-state index in [1.165, 1.54) is 19.1 Å². The second kappa shape index (κ2) is 9.32. The number of carbonyl (C=O) groups excluding carboxylic acids is 3. The average Bonchev–Trinajstić information content (AvgIpc) is 3.09. The Bertz CT molecular complexity index is 869. The van der Waals surface area contributed by atoms with E-state index >= 15 is 0 Å². The quantitative estimate of drug-likeness (QED) is 0.649. The Morgan fingerprint density at radius 1 is 1.17 bits per heavy atom. The molecule has 0 aliphatic carbocycles. The zero-order valence-corrected chi connectivity index (χ0v) is 16.0. The third-order valence-electron chi connectivity index (χ3n) is 4.73. The Morgan fingerprint density at radius 2 is 1.86 bits per heavy atom. The molecule has 152 valence electrons. The summed E-state index contributed by atoms with van der Waals surface area (Å²) in [7, 11) is 0. The van der Waals surface area contributed by atoms with Crippen LogP contribution in [0.3, 0.4) is 0 Å². The summed E-state index contributed by atoms with van der Waals surface area (Å²) < 4.78 is 23.5. The normalized spacial score (nSPS) is 17.0. The first-order valence-electron chi connectivity index (χ1n) is 9.42. The van der Waals surface area contributed by atoms with Crippen molar-refractivity contribution in [3.05, 3.63) is 71.5 Å². The van der Waals surface area contributed by atoms with Crippen molar-refractivity contribution in [3.63, 3.8) is 0 Å². The summed E-state index contributed by atoms with van der Waals surface area (Å²) in [5.41, 5.74) is 1.48. The number of benzene rings is 2. The summed E-state index contributed by atoms with van der Waals surface area (Å²) >= 11 is 0. The molecular weight excluding hydrogens is 377 g/mol. The summed E-state index contributed by atoms with van der Waals surface area (Å²) in [6.07, 6.45) is -0.387. The van der Waals surface area contributed by atoms with Gasteiger partial charge in [-0.25, -0.2) is 14.1 Å². The van der Waals surface area contributed by atoms with Crippen LogP contribution in [-0.4, -0.2) is 29.5 Å². The zero-order valence-electron chi connectivity index (χ0n) is 16.0. The highest BCUT2D eigenvalue weighted by atomic mass is 19.1. The van der Waals surface area contributed by atoms with Crippen LogP contribution in [-0.2, 0) is 19.1 Å². The van der Waals surface area contributed by atoms with Crippen LogP contribution in [0.5, 0.6) is 0 Å². The Kier molecular flexibility index (Phi) is 6.59. The maximum Gasteiger partial charge on any atom is 0.417 e. The van der Waals surface area contributed by atoms with E-state index in [2.05, 4.69) is 0 Å². The lowest BCUT2D eigenvalue weighted by Gasteiger charge is -2.21. The summed E-state index contributed by atoms with van der Waals surface area (Å²) in [4.78, 5) is 37.3. The van der Waals surface area contributed by atoms with Crippen LogP contribution in [0.15, 0.2) is 54.6 Å². The van der Waals surface area contributed by atoms with E-state index < -0.39 is 24.2 Å². The third-order valence-corrected chi connectivity index (χ3v) is 4.73. The second-order valence-electron chi connectivity index (χ2n) is 6.81. The number of nitrogens with zero attached hydrogens (tertiary/aromatic N) is 1. The van der Waals surface area contributed by atoms with Crippen molar-refractivity contribution < 1.29 is 28.2 Å². The summed E-state index contributed by atoms with van der Waals surface area (Å²) in [5.74, 6) is -1.19. The van der Waals surface area contributed by atoms with Gasteiger partial charge in [-0.1, -0.05) is 42.5 Å². The third kappa shape index (κ3) is 5.19. The van der Waals surface area contributed by atoms with Gasteiger partial charge < -0.3 is 9.47 Å². The molecular formula is C22H22FNO5. The van der Waals surface area contributed by atoms with Gasteiger partial charge in [-0.3, -0.25) is 9.59 Å². The molecule has 0 radical (unpaired) electrons. The second-order valence-corrected chi connectivity index (χ2v) is 6.81. The van der Waals surface area contributed by atoms with Crippen molar-refractivity contribution in [1.29, 1.82) is 0 Å². The predicted molar refractivity (Wildman–Crippen MR) is 102 cm³/mol. The largest absolute Gasteiger partial charge is 0.458 e. The van der Waals surface area contributed by atoms with Gasteiger partial charge in [-0.05, 0) is 36.1 Å². The van der Waals surface area contributed by atoms with E-state index in [-0.39, 0.29) is 24.8 Å². The van der Waals surface area contributed by atoms with Gasteiger partial charge in [0.25, 0.3) is 0 Å². The van der Waals surface area contributed by atoms with Crippen LogP contribution >= 0.6 is 0 Å². The molecule has 0 spiro atoms. The molecule has 1 aliphatic heterocycles. The lowest BCUT2D eigenvalue weighted by Crippen LogP contribution is -2.34. The topological polar surface area (TPSA) is 72.9 Å². The molecule has 2 amide bonds. The number of rotatable bonds is 7. The molecule has 0 saturated carbocycles. The van der Waals surface area contributed by atoms with E-state index in [0.29, 0.717) is 18.4 Å². The minimum Gasteiger partial charge on any atom is -0.458 e. The van der Waals surface area contributed by atoms with Crippen molar-refractivity contribution in [1.82, 2.24) is 4.90 Å². The molecule has 2 atom stereocenters. The Morgan fingerprint density at radius 3 is 2.52 bits per heavy atom. The first-order chi connectivity index (χ1) is 14.0. The highest BCUT2D eigenvalue weighted by Gasteiger charge is 2.38. The van der Waals surface area contributed by atoms with E-state index in [1.54, 1.807) is 12.1 Å². The van der Waals surface area contributed by atoms with Gasteiger partial charge in [0.15, 0.2) is 0 Å². The van der Waals surface area contributed by atoms with Gasteiger partial charge in [-0.15, -0.1) is 0 Å². The smallest absolute Gasteiger partial charge is 0.417 e. The lowest BCUT2D eigenvalue weighted by atomic mass is 10.0. The number of ether oxygens (including phenoxy) is 2. The van der Waals surface area contributed by atoms with Crippen molar-refractivity contribution in [3.8, 4) is 0 Å². The van der Waals surface area contributed by atoms with Crippen LogP contribution < -0.4 is 0 Å². The molecule has 0 unspecified atom stereocenters. The highest BCUT2D eigenvalue weighted by Crippen LogP contribution is 2.30. The van der Waals surface area contributed by atoms with Crippen molar-refractivity contribution in [2.75, 3.05) is 6.61 Å². The van der Waals surface area contributed by atoms with E-state index in [4.69, 9.17) is 9.47 Å². The van der Waals surface area contributed by atoms with Crippen LogP contribution in [0, 0.1) is 5.82 Å². The minimum atomic E-state index is -0.654. The van der Waals surface area contributed by atoms with Gasteiger partial charge in [0.1, 0.15) is 24.6 Å². The molecule has 3 rings (SSSR count). The Hall–Kier alpha value is -3.22. The molecule has 2 aromatic carbocycles. The molecule has 0 N–H and O–H groups in total. The fourth-order valence-corrected chi connectivity index (χ4v) is 3.35. The molecule has 1 fully saturated rings.